The number of carboxylic acid groups (broad SMARTS) is 3. The molecule has 14 heteroatoms. The molecule has 0 bridgehead atoms. The summed E-state index contributed by atoms with van der Waals surface area (Å²) in [5.41, 5.74) is -2.74. The Morgan fingerprint density at radius 2 is 0.900 bits per heavy atom. The topological polar surface area (TPSA) is 321 Å². The van der Waals surface area contributed by atoms with Crippen molar-refractivity contribution in [3.63, 3.8) is 0 Å². The van der Waals surface area contributed by atoms with Crippen LogP contribution < -0.4 is 0 Å². The summed E-state index contributed by atoms with van der Waals surface area (Å²) in [5.74, 6) is -5.02. The Hall–Kier alpha value is -0.870. The molecule has 0 heterocycles. The second kappa shape index (κ2) is 20.4. The molecule has 0 rings (SSSR count). The Morgan fingerprint density at radius 3 is 1.00 bits per heavy atom. The molecule has 13 nitrogen and oxygen atoms in total. The Morgan fingerprint density at radius 1 is 0.700 bits per heavy atom. The van der Waals surface area contributed by atoms with Crippen LogP contribution in [-0.4, -0.2) is 106 Å². The number of aliphatic hydroxyl groups is 1. The van der Waals surface area contributed by atoms with Crippen molar-refractivity contribution in [1.82, 2.24) is 0 Å². The molecule has 0 fully saturated rings. The van der Waals surface area contributed by atoms with Gasteiger partial charge < -0.3 is 53.3 Å². The number of hydrogen-bond donors (Lipinski definition) is 4. The van der Waals surface area contributed by atoms with Gasteiger partial charge in [0, 0.05) is 0 Å². The second-order valence-electron chi connectivity index (χ2n) is 2.48. The van der Waals surface area contributed by atoms with Gasteiger partial charge in [0.15, 0.2) is 5.60 Å². The van der Waals surface area contributed by atoms with Crippen molar-refractivity contribution in [2.45, 2.75) is 18.4 Å². The van der Waals surface area contributed by atoms with E-state index in [1.807, 2.05) is 0 Å². The van der Waals surface area contributed by atoms with Crippen LogP contribution in [0, 0.1) is 0 Å². The summed E-state index contributed by atoms with van der Waals surface area (Å²) in [6, 6.07) is 0. The van der Waals surface area contributed by atoms with E-state index in [4.69, 9.17) is 20.4 Å². The van der Waals surface area contributed by atoms with Crippen LogP contribution in [0.25, 0.3) is 0 Å². The Balaban J connectivity index is -0.0000000343. The minimum absolute atomic E-state index is 0. The van der Waals surface area contributed by atoms with E-state index >= 15 is 0 Å². The summed E-state index contributed by atoms with van der Waals surface area (Å²) < 4.78 is 0. The third-order valence-corrected chi connectivity index (χ3v) is 1.29. The quantitative estimate of drug-likeness (QED) is 0.353. The van der Waals surface area contributed by atoms with Crippen LogP contribution in [0.15, 0.2) is 0 Å². The van der Waals surface area contributed by atoms with Gasteiger partial charge in [-0.05, 0) is 0 Å². The first-order valence-corrected chi connectivity index (χ1v) is 3.17. The molecule has 0 saturated heterocycles. The van der Waals surface area contributed by atoms with Crippen molar-refractivity contribution in [1.29, 1.82) is 0 Å². The van der Waals surface area contributed by atoms with Gasteiger partial charge in [-0.15, -0.1) is 0 Å². The minimum atomic E-state index is -2.74. The molecule has 0 aromatic heterocycles. The normalized spacial score (nSPS) is 7.05. The number of rotatable bonds is 5. The van der Waals surface area contributed by atoms with Gasteiger partial charge in [0.25, 0.3) is 0 Å². The van der Waals surface area contributed by atoms with E-state index in [-0.39, 0.29) is 62.4 Å². The van der Waals surface area contributed by atoms with Gasteiger partial charge in [0.05, 0.1) is 12.8 Å². The summed E-state index contributed by atoms with van der Waals surface area (Å²) in [7, 11) is 0. The number of carboxylic acids is 3. The Bertz CT molecular complexity index is 237. The molecule has 0 aliphatic heterocycles. The Labute approximate surface area is 134 Å². The second-order valence-corrected chi connectivity index (χ2v) is 2.48. The SMILES string of the molecule is O.O.O.O.O.O.O=C(O)CC(O)(CC(=O)O)C(=O)O.[NaH]. The number of hydrogen-bond acceptors (Lipinski definition) is 4. The van der Waals surface area contributed by atoms with E-state index in [9.17, 15) is 14.4 Å². The zero-order valence-corrected chi connectivity index (χ0v) is 9.43. The molecule has 0 radical (unpaired) electrons. The van der Waals surface area contributed by atoms with Gasteiger partial charge in [-0.3, -0.25) is 9.59 Å². The fourth-order valence-electron chi connectivity index (χ4n) is 0.714. The van der Waals surface area contributed by atoms with Gasteiger partial charge in [-0.25, -0.2) is 4.79 Å². The molecule has 0 unspecified atom stereocenters. The Kier molecular flexibility index (Phi) is 51.9. The molecule has 0 aliphatic carbocycles. The summed E-state index contributed by atoms with van der Waals surface area (Å²) in [5, 5.41) is 33.8. The maximum atomic E-state index is 10.3. The molecule has 0 aliphatic rings. The van der Waals surface area contributed by atoms with E-state index in [0.29, 0.717) is 0 Å². The first-order chi connectivity index (χ1) is 5.78. The van der Waals surface area contributed by atoms with Gasteiger partial charge in [-0.1, -0.05) is 0 Å². The molecule has 0 aromatic rings. The predicted octanol–water partition coefficient (Wildman–Crippen LogP) is -6.85. The van der Waals surface area contributed by atoms with Crippen molar-refractivity contribution in [3.8, 4) is 0 Å². The number of carbonyl (C=O) groups is 3. The molecular weight excluding hydrogens is 303 g/mol. The maximum absolute atomic E-state index is 10.3. The molecular formula is C6H21NaO13. The zero-order valence-electron chi connectivity index (χ0n) is 9.43. The molecule has 124 valence electrons. The van der Waals surface area contributed by atoms with E-state index in [1.54, 1.807) is 0 Å². The van der Waals surface area contributed by atoms with Crippen LogP contribution in [0.2, 0.25) is 0 Å². The molecule has 0 spiro atoms. The van der Waals surface area contributed by atoms with Crippen LogP contribution >= 0.6 is 0 Å². The van der Waals surface area contributed by atoms with Gasteiger partial charge in [0.1, 0.15) is 0 Å². The van der Waals surface area contributed by atoms with Crippen LogP contribution in [-0.2, 0) is 14.4 Å². The first kappa shape index (κ1) is 50.8. The average Bonchev–Trinajstić information content (AvgIpc) is 1.82. The first-order valence-electron chi connectivity index (χ1n) is 3.17. The van der Waals surface area contributed by atoms with Crippen molar-refractivity contribution in [2.24, 2.45) is 0 Å². The third-order valence-electron chi connectivity index (χ3n) is 1.29. The number of aliphatic carboxylic acids is 3. The average molecular weight is 324 g/mol. The molecule has 16 N–H and O–H groups in total. The zero-order chi connectivity index (χ0) is 10.6. The van der Waals surface area contributed by atoms with Crippen LogP contribution in [0.3, 0.4) is 0 Å². The summed E-state index contributed by atoms with van der Waals surface area (Å²) >= 11 is 0. The fourth-order valence-corrected chi connectivity index (χ4v) is 0.714. The van der Waals surface area contributed by atoms with E-state index < -0.39 is 36.4 Å². The van der Waals surface area contributed by atoms with E-state index in [2.05, 4.69) is 0 Å². The van der Waals surface area contributed by atoms with Crippen molar-refractivity contribution in [3.05, 3.63) is 0 Å². The van der Waals surface area contributed by atoms with Crippen molar-refractivity contribution >= 4 is 47.5 Å². The third kappa shape index (κ3) is 19.5. The van der Waals surface area contributed by atoms with E-state index in [1.165, 1.54) is 0 Å². The van der Waals surface area contributed by atoms with E-state index in [0.717, 1.165) is 0 Å². The molecule has 0 saturated carbocycles. The van der Waals surface area contributed by atoms with Crippen molar-refractivity contribution < 1.29 is 67.7 Å². The summed E-state index contributed by atoms with van der Waals surface area (Å²) in [6.45, 7) is 0. The van der Waals surface area contributed by atoms with Crippen molar-refractivity contribution in [2.75, 3.05) is 0 Å². The van der Waals surface area contributed by atoms with Crippen LogP contribution in [0.1, 0.15) is 12.8 Å². The van der Waals surface area contributed by atoms with Gasteiger partial charge in [0.2, 0.25) is 0 Å². The molecule has 0 atom stereocenters. The summed E-state index contributed by atoms with van der Waals surface area (Å²) in [4.78, 5) is 30.5. The van der Waals surface area contributed by atoms with Crippen LogP contribution in [0.4, 0.5) is 0 Å². The standard InChI is InChI=1S/C6H8O7.Na.6H2O.H/c7-3(8)1-6(13,5(11)12)2-4(9)10;;;;;;;;/h13H,1-2H2,(H,7,8)(H,9,10)(H,11,12);;6*1H2;. The van der Waals surface area contributed by atoms with Gasteiger partial charge >= 0.3 is 47.5 Å². The molecule has 0 aromatic carbocycles. The van der Waals surface area contributed by atoms with Gasteiger partial charge in [-0.2, -0.15) is 0 Å². The molecule has 20 heavy (non-hydrogen) atoms. The fraction of sp³-hybridized carbons (Fsp3) is 0.500. The predicted molar refractivity (Wildman–Crippen MR) is 65.9 cm³/mol. The molecule has 0 amide bonds. The monoisotopic (exact) mass is 324 g/mol. The summed E-state index contributed by atoms with van der Waals surface area (Å²) in [6.07, 6.45) is -2.29. The van der Waals surface area contributed by atoms with Crippen LogP contribution in [0.5, 0.6) is 0 Å².